The van der Waals surface area contributed by atoms with Crippen LogP contribution in [0.1, 0.15) is 67.9 Å². The fraction of sp³-hybridized carbons (Fsp3) is 0.600. The predicted octanol–water partition coefficient (Wildman–Crippen LogP) is 5.04. The molecule has 0 saturated carbocycles. The molecule has 7 heteroatoms. The van der Waals surface area contributed by atoms with E-state index in [1.165, 1.54) is 0 Å². The Morgan fingerprint density at radius 2 is 1.11 bits per heavy atom. The van der Waals surface area contributed by atoms with E-state index < -0.39 is 8.80 Å². The second-order valence-electron chi connectivity index (χ2n) is 9.71. The second kappa shape index (κ2) is 9.47. The third-order valence-electron chi connectivity index (χ3n) is 2.99. The van der Waals surface area contributed by atoms with Crippen LogP contribution in [0.25, 0.3) is 6.08 Å². The van der Waals surface area contributed by atoms with E-state index in [1.54, 1.807) is 0 Å². The SMILES string of the molecule is C=Cc1ccccc1[Si](O[Si]C(C)(C)C)(O[Si]C(C)(C)C)O[Si]C(C)(C)C. The molecule has 0 atom stereocenters. The third kappa shape index (κ3) is 9.16. The maximum absolute atomic E-state index is 6.60. The van der Waals surface area contributed by atoms with E-state index in [0.717, 1.165) is 10.8 Å². The summed E-state index contributed by atoms with van der Waals surface area (Å²) in [5.41, 5.74) is 1.03. The Labute approximate surface area is 175 Å². The van der Waals surface area contributed by atoms with Crippen molar-refractivity contribution in [2.45, 2.75) is 77.4 Å². The van der Waals surface area contributed by atoms with Gasteiger partial charge in [0.1, 0.15) is 0 Å². The molecule has 0 heterocycles. The van der Waals surface area contributed by atoms with Crippen LogP contribution in [0.2, 0.25) is 15.1 Å². The highest BCUT2D eigenvalue weighted by atomic mass is 28.5. The molecule has 6 radical (unpaired) electrons. The molecule has 1 rings (SSSR count). The molecule has 0 aliphatic rings. The number of hydrogen-bond donors (Lipinski definition) is 0. The van der Waals surface area contributed by atoms with E-state index in [2.05, 4.69) is 81.0 Å². The van der Waals surface area contributed by atoms with Crippen molar-refractivity contribution in [3.8, 4) is 0 Å². The molecule has 0 aliphatic carbocycles. The molecular weight excluding hydrogens is 401 g/mol. The number of benzene rings is 1. The molecule has 1 aromatic carbocycles. The summed E-state index contributed by atoms with van der Waals surface area (Å²) in [7, 11) is -2.23. The van der Waals surface area contributed by atoms with Crippen molar-refractivity contribution in [2.24, 2.45) is 0 Å². The van der Waals surface area contributed by atoms with Crippen LogP contribution in [-0.4, -0.2) is 38.1 Å². The van der Waals surface area contributed by atoms with Crippen LogP contribution in [0.15, 0.2) is 30.8 Å². The van der Waals surface area contributed by atoms with Crippen molar-refractivity contribution in [3.05, 3.63) is 36.4 Å². The van der Waals surface area contributed by atoms with Gasteiger partial charge in [-0.25, -0.2) is 0 Å². The van der Waals surface area contributed by atoms with Gasteiger partial charge in [0, 0.05) is 5.19 Å². The van der Waals surface area contributed by atoms with Crippen LogP contribution in [0.3, 0.4) is 0 Å². The van der Waals surface area contributed by atoms with Crippen LogP contribution < -0.4 is 5.19 Å². The van der Waals surface area contributed by atoms with Crippen LogP contribution in [0.4, 0.5) is 0 Å². The van der Waals surface area contributed by atoms with Gasteiger partial charge in [-0.3, -0.25) is 0 Å². The molecule has 0 aliphatic heterocycles. The number of rotatable bonds is 8. The first-order chi connectivity index (χ1) is 12.2. The summed E-state index contributed by atoms with van der Waals surface area (Å²) in [4.78, 5) is 0. The van der Waals surface area contributed by atoms with E-state index in [4.69, 9.17) is 12.3 Å². The summed E-state index contributed by atoms with van der Waals surface area (Å²) in [5.74, 6) is 0. The lowest BCUT2D eigenvalue weighted by Gasteiger charge is -2.36. The Morgan fingerprint density at radius 1 is 0.741 bits per heavy atom. The van der Waals surface area contributed by atoms with Gasteiger partial charge in [-0.1, -0.05) is 99.2 Å². The van der Waals surface area contributed by atoms with Crippen LogP contribution in [-0.2, 0) is 12.3 Å². The highest BCUT2D eigenvalue weighted by Gasteiger charge is 2.47. The predicted molar refractivity (Wildman–Crippen MR) is 122 cm³/mol. The van der Waals surface area contributed by atoms with Crippen molar-refractivity contribution in [2.75, 3.05) is 0 Å². The van der Waals surface area contributed by atoms with Gasteiger partial charge >= 0.3 is 8.80 Å². The van der Waals surface area contributed by atoms with Gasteiger partial charge in [0.05, 0.1) is 0 Å². The van der Waals surface area contributed by atoms with Gasteiger partial charge in [0.2, 0.25) is 29.3 Å². The lowest BCUT2D eigenvalue weighted by atomic mass is 10.2. The Kier molecular flexibility index (Phi) is 8.68. The summed E-state index contributed by atoms with van der Waals surface area (Å²) in [6, 6.07) is 8.18. The smallest absolute Gasteiger partial charge is 0.412 e. The topological polar surface area (TPSA) is 27.7 Å². The maximum Gasteiger partial charge on any atom is 0.505 e. The summed E-state index contributed by atoms with van der Waals surface area (Å²) >= 11 is 0. The molecular formula is C20H34O3Si4. The van der Waals surface area contributed by atoms with Crippen molar-refractivity contribution >= 4 is 49.4 Å². The molecule has 0 fully saturated rings. The largest absolute Gasteiger partial charge is 0.505 e. The average Bonchev–Trinajstić information content (AvgIpc) is 2.52. The van der Waals surface area contributed by atoms with Crippen molar-refractivity contribution in [1.82, 2.24) is 0 Å². The highest BCUT2D eigenvalue weighted by molar-refractivity contribution is 6.85. The normalized spacial score (nSPS) is 13.7. The highest BCUT2D eigenvalue weighted by Crippen LogP contribution is 2.29. The maximum atomic E-state index is 6.60. The molecule has 0 bridgehead atoms. The van der Waals surface area contributed by atoms with E-state index in [0.29, 0.717) is 0 Å². The molecule has 0 N–H and O–H groups in total. The summed E-state index contributed by atoms with van der Waals surface area (Å²) in [5, 5.41) is 1.15. The zero-order chi connectivity index (χ0) is 20.9. The summed E-state index contributed by atoms with van der Waals surface area (Å²) in [6.07, 6.45) is 1.87. The van der Waals surface area contributed by atoms with Crippen molar-refractivity contribution < 1.29 is 12.3 Å². The fourth-order valence-corrected chi connectivity index (χ4v) is 10.9. The van der Waals surface area contributed by atoms with Gasteiger partial charge in [0.25, 0.3) is 0 Å². The zero-order valence-corrected chi connectivity index (χ0v) is 22.3. The Balaban J connectivity index is 3.41. The molecule has 3 nitrogen and oxygen atoms in total. The minimum atomic E-state index is -3.10. The standard InChI is InChI=1S/C20H34O3Si4/c1-11-16-14-12-13-15-17(16)27(21-24-18(2,3)4,22-25-19(5,6)7)23-26-20(8,9)10/h11-15H,1H2,2-10H3. The van der Waals surface area contributed by atoms with E-state index >= 15 is 0 Å². The van der Waals surface area contributed by atoms with Gasteiger partial charge in [-0.05, 0) is 20.7 Å². The van der Waals surface area contributed by atoms with Crippen LogP contribution >= 0.6 is 0 Å². The molecule has 0 saturated heterocycles. The zero-order valence-electron chi connectivity index (χ0n) is 18.3. The molecule has 148 valence electrons. The van der Waals surface area contributed by atoms with E-state index in [-0.39, 0.29) is 44.4 Å². The summed E-state index contributed by atoms with van der Waals surface area (Å²) in [6.45, 7) is 23.6. The first-order valence-corrected chi connectivity index (χ1v) is 13.7. The van der Waals surface area contributed by atoms with Crippen LogP contribution in [0.5, 0.6) is 0 Å². The first kappa shape index (κ1) is 24.7. The van der Waals surface area contributed by atoms with Crippen molar-refractivity contribution in [1.29, 1.82) is 0 Å². The van der Waals surface area contributed by atoms with Crippen LogP contribution in [0, 0.1) is 0 Å². The van der Waals surface area contributed by atoms with Gasteiger partial charge < -0.3 is 12.3 Å². The lowest BCUT2D eigenvalue weighted by Crippen LogP contribution is -2.61. The Bertz CT molecular complexity index is 567. The Hall–Kier alpha value is -0.292. The first-order valence-electron chi connectivity index (χ1n) is 9.25. The van der Waals surface area contributed by atoms with Gasteiger partial charge in [0.15, 0.2) is 0 Å². The quantitative estimate of drug-likeness (QED) is 0.537. The lowest BCUT2D eigenvalue weighted by molar-refractivity contribution is 0.285. The van der Waals surface area contributed by atoms with E-state index in [9.17, 15) is 0 Å². The molecule has 27 heavy (non-hydrogen) atoms. The summed E-state index contributed by atoms with van der Waals surface area (Å²) < 4.78 is 19.8. The molecule has 0 aromatic heterocycles. The molecule has 0 amide bonds. The molecule has 1 aromatic rings. The minimum Gasteiger partial charge on any atom is -0.412 e. The molecule has 0 unspecified atom stereocenters. The third-order valence-corrected chi connectivity index (χ3v) is 10.4. The van der Waals surface area contributed by atoms with Crippen molar-refractivity contribution in [3.63, 3.8) is 0 Å². The van der Waals surface area contributed by atoms with Gasteiger partial charge in [-0.15, -0.1) is 0 Å². The Morgan fingerprint density at radius 3 is 1.44 bits per heavy atom. The van der Waals surface area contributed by atoms with E-state index in [1.807, 2.05) is 18.2 Å². The fourth-order valence-electron chi connectivity index (χ4n) is 1.84. The average molecular weight is 435 g/mol. The monoisotopic (exact) mass is 434 g/mol. The number of hydrogen-bond acceptors (Lipinski definition) is 3. The minimum absolute atomic E-state index is 0.0454. The molecule has 0 spiro atoms. The second-order valence-corrected chi connectivity index (χ2v) is 18.9. The van der Waals surface area contributed by atoms with Gasteiger partial charge in [-0.2, -0.15) is 0 Å².